The van der Waals surface area contributed by atoms with Crippen LogP contribution < -0.4 is 10.9 Å². The lowest BCUT2D eigenvalue weighted by molar-refractivity contribution is 0.340. The van der Waals surface area contributed by atoms with Crippen LogP contribution in [0.3, 0.4) is 0 Å². The van der Waals surface area contributed by atoms with Gasteiger partial charge in [-0.1, -0.05) is 31.4 Å². The normalized spacial score (nSPS) is 16.4. The summed E-state index contributed by atoms with van der Waals surface area (Å²) in [4.78, 5) is 16.7. The second-order valence-electron chi connectivity index (χ2n) is 5.97. The zero-order chi connectivity index (χ0) is 14.5. The molecule has 1 fully saturated rings. The van der Waals surface area contributed by atoms with Crippen LogP contribution in [0.4, 0.5) is 0 Å². The standard InChI is InChI=1S/C17H23N3O/c21-17-15-8-4-5-9-16(15)19-13-20(17)11-10-18-12-14-6-2-1-3-7-14/h4-5,8-9,13-14,18H,1-3,6-7,10-12H2. The fourth-order valence-electron chi connectivity index (χ4n) is 3.16. The van der Waals surface area contributed by atoms with Gasteiger partial charge in [0.2, 0.25) is 0 Å². The minimum Gasteiger partial charge on any atom is -0.315 e. The number of rotatable bonds is 5. The van der Waals surface area contributed by atoms with E-state index in [-0.39, 0.29) is 5.56 Å². The Labute approximate surface area is 125 Å². The van der Waals surface area contributed by atoms with E-state index in [2.05, 4.69) is 10.3 Å². The highest BCUT2D eigenvalue weighted by Gasteiger charge is 2.12. The molecule has 1 heterocycles. The third kappa shape index (κ3) is 3.50. The van der Waals surface area contributed by atoms with E-state index >= 15 is 0 Å². The molecule has 1 saturated carbocycles. The van der Waals surface area contributed by atoms with Gasteiger partial charge in [-0.2, -0.15) is 0 Å². The van der Waals surface area contributed by atoms with Crippen LogP contribution in [-0.4, -0.2) is 22.6 Å². The summed E-state index contributed by atoms with van der Waals surface area (Å²) >= 11 is 0. The zero-order valence-corrected chi connectivity index (χ0v) is 12.4. The maximum Gasteiger partial charge on any atom is 0.261 e. The number of hydrogen-bond acceptors (Lipinski definition) is 3. The fraction of sp³-hybridized carbons (Fsp3) is 0.529. The van der Waals surface area contributed by atoms with Gasteiger partial charge in [-0.3, -0.25) is 9.36 Å². The summed E-state index contributed by atoms with van der Waals surface area (Å²) in [6.07, 6.45) is 8.51. The number of nitrogens with one attached hydrogen (secondary N) is 1. The summed E-state index contributed by atoms with van der Waals surface area (Å²) in [6, 6.07) is 7.51. The Morgan fingerprint density at radius 1 is 1.19 bits per heavy atom. The minimum atomic E-state index is 0.0556. The minimum absolute atomic E-state index is 0.0556. The van der Waals surface area contributed by atoms with Gasteiger partial charge in [0.05, 0.1) is 17.2 Å². The van der Waals surface area contributed by atoms with Crippen molar-refractivity contribution in [3.8, 4) is 0 Å². The van der Waals surface area contributed by atoms with Crippen LogP contribution >= 0.6 is 0 Å². The molecule has 0 spiro atoms. The van der Waals surface area contributed by atoms with E-state index in [0.29, 0.717) is 11.9 Å². The van der Waals surface area contributed by atoms with Crippen molar-refractivity contribution in [1.29, 1.82) is 0 Å². The largest absolute Gasteiger partial charge is 0.315 e. The molecule has 21 heavy (non-hydrogen) atoms. The van der Waals surface area contributed by atoms with Crippen LogP contribution in [0.5, 0.6) is 0 Å². The molecule has 0 bridgehead atoms. The average molecular weight is 285 g/mol. The quantitative estimate of drug-likeness (QED) is 0.859. The molecule has 0 atom stereocenters. The third-order valence-corrected chi connectivity index (χ3v) is 4.42. The lowest BCUT2D eigenvalue weighted by atomic mass is 9.89. The first kappa shape index (κ1) is 14.3. The van der Waals surface area contributed by atoms with Crippen LogP contribution in [0.1, 0.15) is 32.1 Å². The summed E-state index contributed by atoms with van der Waals surface area (Å²) in [5, 5.41) is 4.19. The second-order valence-corrected chi connectivity index (χ2v) is 5.97. The van der Waals surface area contributed by atoms with Gasteiger partial charge in [0.15, 0.2) is 0 Å². The molecular formula is C17H23N3O. The van der Waals surface area contributed by atoms with E-state index in [0.717, 1.165) is 24.5 Å². The molecular weight excluding hydrogens is 262 g/mol. The van der Waals surface area contributed by atoms with Crippen molar-refractivity contribution in [2.75, 3.05) is 13.1 Å². The lowest BCUT2D eigenvalue weighted by Gasteiger charge is -2.21. The highest BCUT2D eigenvalue weighted by Crippen LogP contribution is 2.22. The summed E-state index contributed by atoms with van der Waals surface area (Å²) in [5.41, 5.74) is 0.828. The summed E-state index contributed by atoms with van der Waals surface area (Å²) < 4.78 is 1.70. The van der Waals surface area contributed by atoms with Crippen molar-refractivity contribution in [2.45, 2.75) is 38.6 Å². The van der Waals surface area contributed by atoms with Gasteiger partial charge in [-0.15, -0.1) is 0 Å². The molecule has 1 aromatic carbocycles. The maximum atomic E-state index is 12.3. The molecule has 1 N–H and O–H groups in total. The molecule has 4 nitrogen and oxygen atoms in total. The van der Waals surface area contributed by atoms with E-state index in [4.69, 9.17) is 0 Å². The van der Waals surface area contributed by atoms with Gasteiger partial charge in [0, 0.05) is 13.1 Å². The zero-order valence-electron chi connectivity index (χ0n) is 12.4. The molecule has 112 valence electrons. The molecule has 1 aromatic heterocycles. The number of para-hydroxylation sites is 1. The molecule has 1 aliphatic rings. The Bertz CT molecular complexity index is 644. The Kier molecular flexibility index (Phi) is 4.65. The molecule has 0 saturated heterocycles. The first-order chi connectivity index (χ1) is 10.3. The van der Waals surface area contributed by atoms with Gasteiger partial charge in [-0.25, -0.2) is 4.98 Å². The summed E-state index contributed by atoms with van der Waals surface area (Å²) in [6.45, 7) is 2.59. The van der Waals surface area contributed by atoms with E-state index < -0.39 is 0 Å². The van der Waals surface area contributed by atoms with Gasteiger partial charge >= 0.3 is 0 Å². The molecule has 4 heteroatoms. The van der Waals surface area contributed by atoms with Crippen LogP contribution in [0, 0.1) is 5.92 Å². The van der Waals surface area contributed by atoms with Crippen molar-refractivity contribution in [3.05, 3.63) is 40.9 Å². The van der Waals surface area contributed by atoms with Gasteiger partial charge in [-0.05, 0) is 37.4 Å². The van der Waals surface area contributed by atoms with Crippen LogP contribution in [-0.2, 0) is 6.54 Å². The van der Waals surface area contributed by atoms with Crippen LogP contribution in [0.25, 0.3) is 10.9 Å². The van der Waals surface area contributed by atoms with E-state index in [1.54, 1.807) is 10.9 Å². The molecule has 1 aliphatic carbocycles. The van der Waals surface area contributed by atoms with Gasteiger partial charge in [0.1, 0.15) is 0 Å². The molecule has 0 aliphatic heterocycles. The molecule has 0 unspecified atom stereocenters. The SMILES string of the molecule is O=c1c2ccccc2ncn1CCNCC1CCCCC1. The van der Waals surface area contributed by atoms with Gasteiger partial charge < -0.3 is 5.32 Å². The van der Waals surface area contributed by atoms with Crippen molar-refractivity contribution >= 4 is 10.9 Å². The lowest BCUT2D eigenvalue weighted by Crippen LogP contribution is -2.30. The number of benzene rings is 1. The average Bonchev–Trinajstić information content (AvgIpc) is 2.55. The fourth-order valence-corrected chi connectivity index (χ4v) is 3.16. The van der Waals surface area contributed by atoms with E-state index in [1.165, 1.54) is 32.1 Å². The summed E-state index contributed by atoms with van der Waals surface area (Å²) in [7, 11) is 0. The second kappa shape index (κ2) is 6.85. The first-order valence-corrected chi connectivity index (χ1v) is 7.99. The Hall–Kier alpha value is -1.68. The number of aromatic nitrogens is 2. The number of hydrogen-bond donors (Lipinski definition) is 1. The van der Waals surface area contributed by atoms with Crippen LogP contribution in [0.2, 0.25) is 0 Å². The van der Waals surface area contributed by atoms with E-state index in [9.17, 15) is 4.79 Å². The van der Waals surface area contributed by atoms with Crippen molar-refractivity contribution in [3.63, 3.8) is 0 Å². The van der Waals surface area contributed by atoms with Crippen molar-refractivity contribution < 1.29 is 0 Å². The molecule has 0 amide bonds. The molecule has 3 rings (SSSR count). The number of fused-ring (bicyclic) bond motifs is 1. The predicted octanol–water partition coefficient (Wildman–Crippen LogP) is 2.57. The monoisotopic (exact) mass is 285 g/mol. The molecule has 0 radical (unpaired) electrons. The Balaban J connectivity index is 1.55. The predicted molar refractivity (Wildman–Crippen MR) is 85.4 cm³/mol. The third-order valence-electron chi connectivity index (χ3n) is 4.42. The summed E-state index contributed by atoms with van der Waals surface area (Å²) in [5.74, 6) is 0.824. The Morgan fingerprint density at radius 2 is 2.00 bits per heavy atom. The van der Waals surface area contributed by atoms with Crippen molar-refractivity contribution in [1.82, 2.24) is 14.9 Å². The van der Waals surface area contributed by atoms with E-state index in [1.807, 2.05) is 24.3 Å². The first-order valence-electron chi connectivity index (χ1n) is 7.99. The highest BCUT2D eigenvalue weighted by molar-refractivity contribution is 5.76. The number of nitrogens with zero attached hydrogens (tertiary/aromatic N) is 2. The van der Waals surface area contributed by atoms with Crippen molar-refractivity contribution in [2.24, 2.45) is 5.92 Å². The topological polar surface area (TPSA) is 46.9 Å². The van der Waals surface area contributed by atoms with Crippen LogP contribution in [0.15, 0.2) is 35.4 Å². The van der Waals surface area contributed by atoms with Gasteiger partial charge in [0.25, 0.3) is 5.56 Å². The highest BCUT2D eigenvalue weighted by atomic mass is 16.1. The molecule has 2 aromatic rings. The Morgan fingerprint density at radius 3 is 2.86 bits per heavy atom. The maximum absolute atomic E-state index is 12.3. The smallest absolute Gasteiger partial charge is 0.261 e.